The molecule has 0 bridgehead atoms. The van der Waals surface area contributed by atoms with Gasteiger partial charge in [-0.15, -0.1) is 0 Å². The quantitative estimate of drug-likeness (QED) is 0.854. The molecule has 25 heavy (non-hydrogen) atoms. The molecule has 1 N–H and O–H groups in total. The van der Waals surface area contributed by atoms with Crippen LogP contribution in [0.4, 0.5) is 0 Å². The zero-order valence-corrected chi connectivity index (χ0v) is 14.7. The van der Waals surface area contributed by atoms with Gasteiger partial charge in [-0.2, -0.15) is 0 Å². The third kappa shape index (κ3) is 4.57. The fraction of sp³-hybridized carbons (Fsp3) is 0.400. The lowest BCUT2D eigenvalue weighted by molar-refractivity contribution is -0.126. The smallest absolute Gasteiger partial charge is 0.231 e. The Morgan fingerprint density at radius 1 is 1.04 bits per heavy atom. The van der Waals surface area contributed by atoms with Crippen LogP contribution in [-0.4, -0.2) is 48.2 Å². The Morgan fingerprint density at radius 3 is 2.68 bits per heavy atom. The molecule has 3 rings (SSSR count). The van der Waals surface area contributed by atoms with Crippen molar-refractivity contribution < 1.29 is 9.59 Å². The Hall–Kier alpha value is -2.40. The van der Waals surface area contributed by atoms with Gasteiger partial charge in [0, 0.05) is 50.6 Å². The van der Waals surface area contributed by atoms with Gasteiger partial charge >= 0.3 is 0 Å². The summed E-state index contributed by atoms with van der Waals surface area (Å²) < 4.78 is 0. The molecule has 5 nitrogen and oxygen atoms in total. The number of hydrogen-bond donors (Lipinski definition) is 1. The molecule has 0 saturated carbocycles. The van der Waals surface area contributed by atoms with Crippen LogP contribution in [0.3, 0.4) is 0 Å². The minimum atomic E-state index is -0.0601. The number of likely N-dealkylation sites (N-methyl/N-ethyl adjacent to an activating group) is 1. The van der Waals surface area contributed by atoms with Gasteiger partial charge in [0.15, 0.2) is 5.78 Å². The van der Waals surface area contributed by atoms with E-state index < -0.39 is 0 Å². The summed E-state index contributed by atoms with van der Waals surface area (Å²) in [5.41, 5.74) is 3.29. The number of amides is 1. The van der Waals surface area contributed by atoms with Crippen LogP contribution in [0.1, 0.15) is 34.3 Å². The molecule has 0 saturated heterocycles. The van der Waals surface area contributed by atoms with Crippen molar-refractivity contribution in [2.75, 3.05) is 26.7 Å². The van der Waals surface area contributed by atoms with Crippen LogP contribution in [0.5, 0.6) is 0 Å². The number of hydrogen-bond acceptors (Lipinski definition) is 4. The molecule has 1 amide bonds. The number of rotatable bonds is 4. The van der Waals surface area contributed by atoms with Gasteiger partial charge in [0.05, 0.1) is 0 Å². The zero-order valence-electron chi connectivity index (χ0n) is 14.7. The van der Waals surface area contributed by atoms with Gasteiger partial charge in [-0.05, 0) is 49.2 Å². The maximum absolute atomic E-state index is 12.5. The van der Waals surface area contributed by atoms with Crippen LogP contribution in [0.15, 0.2) is 42.9 Å². The molecule has 2 aliphatic rings. The fourth-order valence-corrected chi connectivity index (χ4v) is 3.13. The molecular weight excluding hydrogens is 314 g/mol. The molecular formula is C20H25N3O2. The van der Waals surface area contributed by atoms with Gasteiger partial charge in [0.25, 0.3) is 0 Å². The molecule has 2 heterocycles. The summed E-state index contributed by atoms with van der Waals surface area (Å²) >= 11 is 0. The van der Waals surface area contributed by atoms with E-state index in [4.69, 9.17) is 0 Å². The number of nitrogens with one attached hydrogen (secondary N) is 1. The largest absolute Gasteiger partial charge is 0.375 e. The Labute approximate surface area is 149 Å². The number of benzene rings is 1. The first-order chi connectivity index (χ1) is 12.1. The summed E-state index contributed by atoms with van der Waals surface area (Å²) in [6.07, 6.45) is 9.71. The van der Waals surface area contributed by atoms with E-state index in [0.29, 0.717) is 0 Å². The molecule has 0 atom stereocenters. The Bertz CT molecular complexity index is 709. The number of carbonyl (C=O) groups is 2. The molecule has 132 valence electrons. The maximum Gasteiger partial charge on any atom is 0.231 e. The van der Waals surface area contributed by atoms with Crippen molar-refractivity contribution in [3.05, 3.63) is 59.6 Å². The van der Waals surface area contributed by atoms with Crippen LogP contribution in [0.25, 0.3) is 0 Å². The normalized spacial score (nSPS) is 17.0. The molecule has 2 aliphatic heterocycles. The van der Waals surface area contributed by atoms with Crippen molar-refractivity contribution in [3.63, 3.8) is 0 Å². The summed E-state index contributed by atoms with van der Waals surface area (Å²) in [5.74, 6) is -0.0247. The molecule has 5 heteroatoms. The van der Waals surface area contributed by atoms with Crippen molar-refractivity contribution in [1.82, 2.24) is 15.1 Å². The fourth-order valence-electron chi connectivity index (χ4n) is 3.13. The summed E-state index contributed by atoms with van der Waals surface area (Å²) in [7, 11) is 1.95. The first-order valence-corrected chi connectivity index (χ1v) is 8.85. The topological polar surface area (TPSA) is 52.7 Å². The minimum absolute atomic E-state index is 0.0354. The SMILES string of the molecule is CN1C=CN(C(=O)CCC(=O)c2ccc3c(c2)CCNCC3)C=CC1. The highest BCUT2D eigenvalue weighted by atomic mass is 16.2. The molecule has 0 aliphatic carbocycles. The molecule has 0 spiro atoms. The van der Waals surface area contributed by atoms with Gasteiger partial charge in [-0.1, -0.05) is 12.1 Å². The van der Waals surface area contributed by atoms with E-state index in [-0.39, 0.29) is 24.5 Å². The molecule has 1 aromatic rings. The van der Waals surface area contributed by atoms with Gasteiger partial charge in [0.1, 0.15) is 0 Å². The second-order valence-electron chi connectivity index (χ2n) is 6.58. The van der Waals surface area contributed by atoms with Gasteiger partial charge in [0.2, 0.25) is 5.91 Å². The van der Waals surface area contributed by atoms with Gasteiger partial charge in [-0.25, -0.2) is 0 Å². The zero-order chi connectivity index (χ0) is 17.6. The predicted octanol–water partition coefficient (Wildman–Crippen LogP) is 2.10. The van der Waals surface area contributed by atoms with Crippen LogP contribution in [0, 0.1) is 0 Å². The number of nitrogens with zero attached hydrogens (tertiary/aromatic N) is 2. The van der Waals surface area contributed by atoms with E-state index in [2.05, 4.69) is 11.4 Å². The van der Waals surface area contributed by atoms with Crippen LogP contribution < -0.4 is 5.32 Å². The van der Waals surface area contributed by atoms with E-state index in [0.717, 1.165) is 38.0 Å². The van der Waals surface area contributed by atoms with Crippen LogP contribution >= 0.6 is 0 Å². The van der Waals surface area contributed by atoms with E-state index >= 15 is 0 Å². The van der Waals surface area contributed by atoms with E-state index in [9.17, 15) is 9.59 Å². The standard InChI is InChI=1S/C20H25N3O2/c1-22-11-2-12-23(14-13-22)20(25)6-5-19(24)18-4-3-16-7-9-21-10-8-17(16)15-18/h2-4,12-15,21H,5-11H2,1H3. The highest BCUT2D eigenvalue weighted by molar-refractivity contribution is 5.98. The molecule has 1 aromatic carbocycles. The molecule has 0 unspecified atom stereocenters. The van der Waals surface area contributed by atoms with E-state index in [1.165, 1.54) is 11.1 Å². The second kappa shape index (κ2) is 8.12. The Balaban J connectivity index is 1.60. The summed E-state index contributed by atoms with van der Waals surface area (Å²) in [6.45, 7) is 2.70. The summed E-state index contributed by atoms with van der Waals surface area (Å²) in [6, 6.07) is 5.97. The van der Waals surface area contributed by atoms with Gasteiger partial charge in [-0.3, -0.25) is 14.5 Å². The average Bonchev–Trinajstić information content (AvgIpc) is 2.98. The lowest BCUT2D eigenvalue weighted by atomic mass is 9.97. The monoisotopic (exact) mass is 339 g/mol. The van der Waals surface area contributed by atoms with Crippen molar-refractivity contribution >= 4 is 11.7 Å². The maximum atomic E-state index is 12.5. The predicted molar refractivity (Wildman–Crippen MR) is 98.0 cm³/mol. The number of fused-ring (bicyclic) bond motifs is 1. The lowest BCUT2D eigenvalue weighted by Crippen LogP contribution is -2.20. The Morgan fingerprint density at radius 2 is 1.84 bits per heavy atom. The lowest BCUT2D eigenvalue weighted by Gasteiger charge is -2.13. The molecule has 0 aromatic heterocycles. The second-order valence-corrected chi connectivity index (χ2v) is 6.58. The molecule has 0 radical (unpaired) electrons. The van der Waals surface area contributed by atoms with Crippen LogP contribution in [-0.2, 0) is 17.6 Å². The Kier molecular flexibility index (Phi) is 5.66. The number of ketones is 1. The minimum Gasteiger partial charge on any atom is -0.375 e. The average molecular weight is 339 g/mol. The van der Waals surface area contributed by atoms with Crippen molar-refractivity contribution in [1.29, 1.82) is 0 Å². The molecule has 0 fully saturated rings. The summed E-state index contributed by atoms with van der Waals surface area (Å²) in [4.78, 5) is 28.3. The highest BCUT2D eigenvalue weighted by Crippen LogP contribution is 2.17. The number of carbonyl (C=O) groups excluding carboxylic acids is 2. The first kappa shape index (κ1) is 17.4. The summed E-state index contributed by atoms with van der Waals surface area (Å²) in [5, 5.41) is 3.38. The van der Waals surface area contributed by atoms with E-state index in [1.807, 2.05) is 36.4 Å². The number of Topliss-reactive ketones (excluding diaryl/α,β-unsaturated/α-hetero) is 1. The third-order valence-corrected chi connectivity index (χ3v) is 4.67. The third-order valence-electron chi connectivity index (χ3n) is 4.67. The first-order valence-electron chi connectivity index (χ1n) is 8.85. The van der Waals surface area contributed by atoms with Crippen LogP contribution in [0.2, 0.25) is 0 Å². The van der Waals surface area contributed by atoms with Crippen molar-refractivity contribution in [2.45, 2.75) is 25.7 Å². The van der Waals surface area contributed by atoms with Crippen molar-refractivity contribution in [2.24, 2.45) is 0 Å². The van der Waals surface area contributed by atoms with E-state index in [1.54, 1.807) is 17.3 Å². The van der Waals surface area contributed by atoms with Crippen molar-refractivity contribution in [3.8, 4) is 0 Å². The van der Waals surface area contributed by atoms with Gasteiger partial charge < -0.3 is 10.2 Å². The highest BCUT2D eigenvalue weighted by Gasteiger charge is 2.15.